The van der Waals surface area contributed by atoms with E-state index in [0.717, 1.165) is 82.8 Å². The third-order valence-electron chi connectivity index (χ3n) is 7.99. The molecule has 11 heteroatoms. The predicted molar refractivity (Wildman–Crippen MR) is 135 cm³/mol. The normalized spacial score (nSPS) is 22.0. The topological polar surface area (TPSA) is 108 Å². The van der Waals surface area contributed by atoms with Crippen LogP contribution in [0.1, 0.15) is 54.6 Å². The van der Waals surface area contributed by atoms with Crippen LogP contribution in [0.5, 0.6) is 0 Å². The summed E-state index contributed by atoms with van der Waals surface area (Å²) in [5, 5.41) is 3.43. The summed E-state index contributed by atoms with van der Waals surface area (Å²) in [6.45, 7) is 7.59. The zero-order valence-electron chi connectivity index (χ0n) is 21.3. The SMILES string of the molecule is Cc1c(NCC2CCOCC2)ncnc1C(=O)N1CCC(N2CCC(N(C)S(C)(=O)=O)CC2)CC1. The van der Waals surface area contributed by atoms with Gasteiger partial charge in [0.25, 0.3) is 5.91 Å². The van der Waals surface area contributed by atoms with Crippen molar-refractivity contribution in [1.29, 1.82) is 0 Å². The van der Waals surface area contributed by atoms with E-state index in [1.165, 1.54) is 16.9 Å². The Balaban J connectivity index is 1.28. The van der Waals surface area contributed by atoms with Gasteiger partial charge in [-0.15, -0.1) is 0 Å². The minimum Gasteiger partial charge on any atom is -0.381 e. The van der Waals surface area contributed by atoms with Gasteiger partial charge in [0.05, 0.1) is 6.26 Å². The highest BCUT2D eigenvalue weighted by Gasteiger charge is 2.33. The first-order chi connectivity index (χ1) is 16.7. The van der Waals surface area contributed by atoms with E-state index in [1.54, 1.807) is 7.05 Å². The lowest BCUT2D eigenvalue weighted by Gasteiger charge is -2.43. The van der Waals surface area contributed by atoms with E-state index in [2.05, 4.69) is 20.2 Å². The Morgan fingerprint density at radius 3 is 2.37 bits per heavy atom. The molecule has 3 aliphatic rings. The van der Waals surface area contributed by atoms with Crippen molar-refractivity contribution in [2.24, 2.45) is 5.92 Å². The van der Waals surface area contributed by atoms with E-state index in [9.17, 15) is 13.2 Å². The molecular formula is C24H40N6O4S. The molecule has 0 saturated carbocycles. The molecule has 0 unspecified atom stereocenters. The van der Waals surface area contributed by atoms with Crippen molar-refractivity contribution in [2.45, 2.75) is 57.5 Å². The largest absolute Gasteiger partial charge is 0.381 e. The average molecular weight is 509 g/mol. The summed E-state index contributed by atoms with van der Waals surface area (Å²) in [7, 11) is -1.47. The van der Waals surface area contributed by atoms with Crippen molar-refractivity contribution in [3.05, 3.63) is 17.6 Å². The average Bonchev–Trinajstić information content (AvgIpc) is 2.87. The third kappa shape index (κ3) is 6.49. The molecule has 0 bridgehead atoms. The molecule has 10 nitrogen and oxygen atoms in total. The van der Waals surface area contributed by atoms with Gasteiger partial charge in [0.2, 0.25) is 10.0 Å². The third-order valence-corrected chi connectivity index (χ3v) is 9.33. The number of aromatic nitrogens is 2. The zero-order valence-corrected chi connectivity index (χ0v) is 22.1. The van der Waals surface area contributed by atoms with Gasteiger partial charge in [-0.25, -0.2) is 22.7 Å². The van der Waals surface area contributed by atoms with Crippen LogP contribution in [-0.4, -0.2) is 110 Å². The van der Waals surface area contributed by atoms with Crippen molar-refractivity contribution in [2.75, 3.05) is 64.6 Å². The number of nitrogens with zero attached hydrogens (tertiary/aromatic N) is 5. The van der Waals surface area contributed by atoms with Gasteiger partial charge in [-0.1, -0.05) is 0 Å². The van der Waals surface area contributed by atoms with Crippen LogP contribution in [0.15, 0.2) is 6.33 Å². The van der Waals surface area contributed by atoms with Crippen LogP contribution in [0.4, 0.5) is 5.82 Å². The van der Waals surface area contributed by atoms with E-state index in [0.29, 0.717) is 30.7 Å². The first-order valence-electron chi connectivity index (χ1n) is 12.8. The molecule has 3 aliphatic heterocycles. The number of likely N-dealkylation sites (tertiary alicyclic amines) is 2. The Bertz CT molecular complexity index is 968. The number of piperidine rings is 2. The smallest absolute Gasteiger partial charge is 0.272 e. The Hall–Kier alpha value is -1.82. The maximum Gasteiger partial charge on any atom is 0.272 e. The molecule has 4 heterocycles. The standard InChI is InChI=1S/C24H40N6O4S/c1-18-22(26-17-27-23(18)25-16-19-8-14-34-15-9-19)24(31)30-12-6-21(7-13-30)29-10-4-20(5-11-29)28(2)35(3,32)33/h17,19-21H,4-16H2,1-3H3,(H,25,26,27). The van der Waals surface area contributed by atoms with Gasteiger partial charge in [-0.2, -0.15) is 0 Å². The van der Waals surface area contributed by atoms with Crippen molar-refractivity contribution < 1.29 is 17.9 Å². The fourth-order valence-electron chi connectivity index (χ4n) is 5.50. The molecule has 0 aromatic carbocycles. The number of nitrogens with one attached hydrogen (secondary N) is 1. The van der Waals surface area contributed by atoms with Crippen LogP contribution in [0.2, 0.25) is 0 Å². The van der Waals surface area contributed by atoms with Crippen LogP contribution >= 0.6 is 0 Å². The van der Waals surface area contributed by atoms with Crippen LogP contribution in [0.3, 0.4) is 0 Å². The monoisotopic (exact) mass is 508 g/mol. The Morgan fingerprint density at radius 1 is 1.09 bits per heavy atom. The summed E-state index contributed by atoms with van der Waals surface area (Å²) in [5.41, 5.74) is 1.29. The van der Waals surface area contributed by atoms with Gasteiger partial charge >= 0.3 is 0 Å². The van der Waals surface area contributed by atoms with Crippen molar-refractivity contribution in [3.63, 3.8) is 0 Å². The fourth-order valence-corrected chi connectivity index (χ4v) is 6.26. The molecule has 3 fully saturated rings. The molecule has 0 aliphatic carbocycles. The number of hydrogen-bond acceptors (Lipinski definition) is 8. The first kappa shape index (κ1) is 26.2. The van der Waals surface area contributed by atoms with E-state index in [1.807, 2.05) is 11.8 Å². The van der Waals surface area contributed by atoms with Gasteiger partial charge < -0.3 is 19.9 Å². The Morgan fingerprint density at radius 2 is 1.74 bits per heavy atom. The number of carbonyl (C=O) groups excluding carboxylic acids is 1. The number of rotatable bonds is 7. The fraction of sp³-hybridized carbons (Fsp3) is 0.792. The Kier molecular flexibility index (Phi) is 8.62. The van der Waals surface area contributed by atoms with Crippen LogP contribution < -0.4 is 5.32 Å². The molecule has 1 amide bonds. The maximum atomic E-state index is 13.3. The molecular weight excluding hydrogens is 468 g/mol. The number of ether oxygens (including phenoxy) is 1. The molecule has 0 radical (unpaired) electrons. The van der Waals surface area contributed by atoms with Crippen molar-refractivity contribution >= 4 is 21.7 Å². The molecule has 1 aromatic heterocycles. The number of hydrogen-bond donors (Lipinski definition) is 1. The van der Waals surface area contributed by atoms with E-state index in [-0.39, 0.29) is 11.9 Å². The van der Waals surface area contributed by atoms with E-state index >= 15 is 0 Å². The van der Waals surface area contributed by atoms with Crippen LogP contribution in [-0.2, 0) is 14.8 Å². The second-order valence-electron chi connectivity index (χ2n) is 10.2. The number of sulfonamides is 1. The van der Waals surface area contributed by atoms with Crippen molar-refractivity contribution in [1.82, 2.24) is 24.1 Å². The van der Waals surface area contributed by atoms with Gasteiger partial charge in [0, 0.05) is 57.5 Å². The molecule has 3 saturated heterocycles. The second-order valence-corrected chi connectivity index (χ2v) is 12.2. The number of carbonyl (C=O) groups is 1. The molecule has 0 spiro atoms. The summed E-state index contributed by atoms with van der Waals surface area (Å²) in [4.78, 5) is 26.4. The lowest BCUT2D eigenvalue weighted by molar-refractivity contribution is 0.0542. The zero-order chi connectivity index (χ0) is 25.0. The van der Waals surface area contributed by atoms with Gasteiger partial charge in [0.1, 0.15) is 17.8 Å². The minimum absolute atomic E-state index is 0.0223. The van der Waals surface area contributed by atoms with E-state index in [4.69, 9.17) is 4.74 Å². The second kappa shape index (κ2) is 11.5. The van der Waals surface area contributed by atoms with Crippen LogP contribution in [0.25, 0.3) is 0 Å². The first-order valence-corrected chi connectivity index (χ1v) is 14.7. The van der Waals surface area contributed by atoms with Gasteiger partial charge in [-0.05, 0) is 64.5 Å². The summed E-state index contributed by atoms with van der Waals surface area (Å²) < 4.78 is 30.6. The number of anilines is 1. The van der Waals surface area contributed by atoms with Gasteiger partial charge in [-0.3, -0.25) is 4.79 Å². The minimum atomic E-state index is -3.15. The lowest BCUT2D eigenvalue weighted by Crippen LogP contribution is -2.52. The molecule has 35 heavy (non-hydrogen) atoms. The molecule has 196 valence electrons. The summed E-state index contributed by atoms with van der Waals surface area (Å²) in [6.07, 6.45) is 8.41. The highest BCUT2D eigenvalue weighted by molar-refractivity contribution is 7.88. The summed E-state index contributed by atoms with van der Waals surface area (Å²) in [5.74, 6) is 1.28. The molecule has 1 N–H and O–H groups in total. The van der Waals surface area contributed by atoms with E-state index < -0.39 is 10.0 Å². The molecule has 4 rings (SSSR count). The number of amides is 1. The Labute approximate surface area is 209 Å². The lowest BCUT2D eigenvalue weighted by atomic mass is 9.97. The van der Waals surface area contributed by atoms with Crippen LogP contribution in [0, 0.1) is 12.8 Å². The highest BCUT2D eigenvalue weighted by Crippen LogP contribution is 2.25. The highest BCUT2D eigenvalue weighted by atomic mass is 32.2. The summed E-state index contributed by atoms with van der Waals surface area (Å²) >= 11 is 0. The predicted octanol–water partition coefficient (Wildman–Crippen LogP) is 1.58. The van der Waals surface area contributed by atoms with Crippen molar-refractivity contribution in [3.8, 4) is 0 Å². The quantitative estimate of drug-likeness (QED) is 0.592. The molecule has 1 aromatic rings. The molecule has 0 atom stereocenters. The summed E-state index contributed by atoms with van der Waals surface area (Å²) in [6, 6.07) is 0.518. The maximum absolute atomic E-state index is 13.3. The van der Waals surface area contributed by atoms with Gasteiger partial charge in [0.15, 0.2) is 0 Å².